The first kappa shape index (κ1) is 15.5. The molecule has 112 valence electrons. The Hall–Kier alpha value is 0.130. The summed E-state index contributed by atoms with van der Waals surface area (Å²) in [6.45, 7) is 9.05. The molecule has 3 saturated heterocycles. The van der Waals surface area contributed by atoms with Crippen LogP contribution in [0.4, 0.5) is 0 Å². The number of rotatable bonds is 4. The molecule has 0 radical (unpaired) electrons. The van der Waals surface area contributed by atoms with E-state index in [-0.39, 0.29) is 12.4 Å². The average Bonchev–Trinajstić information content (AvgIpc) is 3.05. The third-order valence-electron chi connectivity index (χ3n) is 4.44. The number of nitrogens with zero attached hydrogens (tertiary/aromatic N) is 2. The molecule has 3 aliphatic rings. The molecule has 0 spiro atoms. The molecule has 0 amide bonds. The van der Waals surface area contributed by atoms with Gasteiger partial charge in [0, 0.05) is 52.5 Å². The first-order valence-corrected chi connectivity index (χ1v) is 7.58. The summed E-state index contributed by atoms with van der Waals surface area (Å²) < 4.78 is 11.4. The minimum Gasteiger partial charge on any atom is -0.377 e. The van der Waals surface area contributed by atoms with E-state index in [4.69, 9.17) is 9.47 Å². The van der Waals surface area contributed by atoms with Crippen molar-refractivity contribution in [1.29, 1.82) is 0 Å². The highest BCUT2D eigenvalue weighted by Crippen LogP contribution is 2.16. The number of piperazine rings is 1. The van der Waals surface area contributed by atoms with E-state index in [2.05, 4.69) is 9.80 Å². The average molecular weight is 291 g/mol. The SMILES string of the molecule is C1COC(CN2CCN(CC3CCCO3)CC2)C1.Cl. The van der Waals surface area contributed by atoms with Crippen molar-refractivity contribution < 1.29 is 9.47 Å². The van der Waals surface area contributed by atoms with E-state index in [1.165, 1.54) is 51.9 Å². The highest BCUT2D eigenvalue weighted by molar-refractivity contribution is 5.85. The summed E-state index contributed by atoms with van der Waals surface area (Å²) in [5, 5.41) is 0. The molecule has 2 unspecified atom stereocenters. The van der Waals surface area contributed by atoms with E-state index in [1.807, 2.05) is 0 Å². The topological polar surface area (TPSA) is 24.9 Å². The van der Waals surface area contributed by atoms with Crippen LogP contribution >= 0.6 is 12.4 Å². The third-order valence-corrected chi connectivity index (χ3v) is 4.44. The van der Waals surface area contributed by atoms with Crippen molar-refractivity contribution in [2.24, 2.45) is 0 Å². The highest BCUT2D eigenvalue weighted by atomic mass is 35.5. The summed E-state index contributed by atoms with van der Waals surface area (Å²) in [5.41, 5.74) is 0. The smallest absolute Gasteiger partial charge is 0.0702 e. The van der Waals surface area contributed by atoms with Crippen LogP contribution in [0, 0.1) is 0 Å². The minimum absolute atomic E-state index is 0. The van der Waals surface area contributed by atoms with E-state index in [1.54, 1.807) is 0 Å². The summed E-state index contributed by atoms with van der Waals surface area (Å²) in [6.07, 6.45) is 6.05. The van der Waals surface area contributed by atoms with Gasteiger partial charge in [-0.3, -0.25) is 9.80 Å². The van der Waals surface area contributed by atoms with Crippen LogP contribution in [0.5, 0.6) is 0 Å². The molecule has 0 bridgehead atoms. The lowest BCUT2D eigenvalue weighted by atomic mass is 10.2. The lowest BCUT2D eigenvalue weighted by Gasteiger charge is -2.36. The molecular formula is C14H27ClN2O2. The van der Waals surface area contributed by atoms with Crippen LogP contribution in [-0.2, 0) is 9.47 Å². The lowest BCUT2D eigenvalue weighted by Crippen LogP contribution is -2.50. The maximum Gasteiger partial charge on any atom is 0.0702 e. The van der Waals surface area contributed by atoms with Gasteiger partial charge in [0.15, 0.2) is 0 Å². The normalized spacial score (nSPS) is 33.5. The van der Waals surface area contributed by atoms with Gasteiger partial charge < -0.3 is 9.47 Å². The molecule has 3 rings (SSSR count). The third kappa shape index (κ3) is 4.57. The van der Waals surface area contributed by atoms with E-state index in [9.17, 15) is 0 Å². The van der Waals surface area contributed by atoms with E-state index in [0.29, 0.717) is 12.2 Å². The van der Waals surface area contributed by atoms with Gasteiger partial charge in [-0.05, 0) is 25.7 Å². The van der Waals surface area contributed by atoms with Crippen molar-refractivity contribution in [1.82, 2.24) is 9.80 Å². The molecule has 2 atom stereocenters. The molecule has 0 saturated carbocycles. The summed E-state index contributed by atoms with van der Waals surface area (Å²) in [4.78, 5) is 5.14. The van der Waals surface area contributed by atoms with E-state index < -0.39 is 0 Å². The van der Waals surface area contributed by atoms with Gasteiger partial charge in [0.25, 0.3) is 0 Å². The molecular weight excluding hydrogens is 264 g/mol. The van der Waals surface area contributed by atoms with Gasteiger partial charge >= 0.3 is 0 Å². The zero-order valence-corrected chi connectivity index (χ0v) is 12.6. The van der Waals surface area contributed by atoms with Crippen LogP contribution in [0.3, 0.4) is 0 Å². The van der Waals surface area contributed by atoms with Crippen molar-refractivity contribution in [3.05, 3.63) is 0 Å². The Morgan fingerprint density at radius 1 is 0.737 bits per heavy atom. The van der Waals surface area contributed by atoms with Crippen molar-refractivity contribution in [3.63, 3.8) is 0 Å². The van der Waals surface area contributed by atoms with Gasteiger partial charge in [0.1, 0.15) is 0 Å². The zero-order chi connectivity index (χ0) is 12.2. The minimum atomic E-state index is 0. The molecule has 3 aliphatic heterocycles. The first-order valence-electron chi connectivity index (χ1n) is 7.58. The number of halogens is 1. The predicted molar refractivity (Wildman–Crippen MR) is 78.1 cm³/mol. The van der Waals surface area contributed by atoms with Gasteiger partial charge in [0.2, 0.25) is 0 Å². The quantitative estimate of drug-likeness (QED) is 0.781. The highest BCUT2D eigenvalue weighted by Gasteiger charge is 2.25. The Kier molecular flexibility index (Phi) is 6.36. The van der Waals surface area contributed by atoms with Crippen LogP contribution in [0.2, 0.25) is 0 Å². The van der Waals surface area contributed by atoms with Gasteiger partial charge in [-0.15, -0.1) is 12.4 Å². The Balaban J connectivity index is 0.00000133. The largest absolute Gasteiger partial charge is 0.377 e. The molecule has 4 nitrogen and oxygen atoms in total. The fraction of sp³-hybridized carbons (Fsp3) is 1.00. The molecule has 3 fully saturated rings. The van der Waals surface area contributed by atoms with Crippen molar-refractivity contribution in [2.45, 2.75) is 37.9 Å². The molecule has 0 aromatic carbocycles. The van der Waals surface area contributed by atoms with Gasteiger partial charge in [-0.2, -0.15) is 0 Å². The Morgan fingerprint density at radius 3 is 1.47 bits per heavy atom. The van der Waals surface area contributed by atoms with Crippen LogP contribution in [0.1, 0.15) is 25.7 Å². The molecule has 0 N–H and O–H groups in total. The molecule has 0 aliphatic carbocycles. The predicted octanol–water partition coefficient (Wildman–Crippen LogP) is 1.38. The second-order valence-electron chi connectivity index (χ2n) is 5.87. The van der Waals surface area contributed by atoms with Crippen LogP contribution < -0.4 is 0 Å². The fourth-order valence-electron chi connectivity index (χ4n) is 3.31. The molecule has 19 heavy (non-hydrogen) atoms. The van der Waals surface area contributed by atoms with Crippen LogP contribution in [0.25, 0.3) is 0 Å². The van der Waals surface area contributed by atoms with Crippen LogP contribution in [0.15, 0.2) is 0 Å². The number of ether oxygens (including phenoxy) is 2. The summed E-state index contributed by atoms with van der Waals surface area (Å²) in [7, 11) is 0. The fourth-order valence-corrected chi connectivity index (χ4v) is 3.31. The Morgan fingerprint density at radius 2 is 1.16 bits per heavy atom. The standard InChI is InChI=1S/C14H26N2O2.ClH/c1-3-13(17-9-1)11-15-5-7-16(8-6-15)12-14-4-2-10-18-14;/h13-14H,1-12H2;1H. The van der Waals surface area contributed by atoms with Crippen molar-refractivity contribution in [2.75, 3.05) is 52.5 Å². The van der Waals surface area contributed by atoms with E-state index in [0.717, 1.165) is 26.3 Å². The summed E-state index contributed by atoms with van der Waals surface area (Å²) in [5.74, 6) is 0. The monoisotopic (exact) mass is 290 g/mol. The van der Waals surface area contributed by atoms with E-state index >= 15 is 0 Å². The maximum absolute atomic E-state index is 5.71. The molecule has 3 heterocycles. The Labute approximate surface area is 122 Å². The number of hydrogen-bond donors (Lipinski definition) is 0. The summed E-state index contributed by atoms with van der Waals surface area (Å²) in [6, 6.07) is 0. The van der Waals surface area contributed by atoms with Gasteiger partial charge in [0.05, 0.1) is 12.2 Å². The lowest BCUT2D eigenvalue weighted by molar-refractivity contribution is 0.0288. The second-order valence-corrected chi connectivity index (χ2v) is 5.87. The maximum atomic E-state index is 5.71. The molecule has 5 heteroatoms. The first-order chi connectivity index (χ1) is 8.90. The zero-order valence-electron chi connectivity index (χ0n) is 11.8. The Bertz CT molecular complexity index is 222. The summed E-state index contributed by atoms with van der Waals surface area (Å²) >= 11 is 0. The molecule has 0 aromatic heterocycles. The van der Waals surface area contributed by atoms with Gasteiger partial charge in [-0.1, -0.05) is 0 Å². The van der Waals surface area contributed by atoms with Crippen molar-refractivity contribution >= 4 is 12.4 Å². The van der Waals surface area contributed by atoms with Crippen LogP contribution in [-0.4, -0.2) is 74.5 Å². The number of hydrogen-bond acceptors (Lipinski definition) is 4. The second kappa shape index (κ2) is 7.79. The van der Waals surface area contributed by atoms with Crippen molar-refractivity contribution in [3.8, 4) is 0 Å². The molecule has 0 aromatic rings. The van der Waals surface area contributed by atoms with Gasteiger partial charge in [-0.25, -0.2) is 0 Å².